The van der Waals surface area contributed by atoms with E-state index in [1.54, 1.807) is 12.1 Å². The number of fused-ring (bicyclic) bond motifs is 1. The highest BCUT2D eigenvalue weighted by Crippen LogP contribution is 2.41. The van der Waals surface area contributed by atoms with Crippen molar-refractivity contribution in [2.75, 3.05) is 5.32 Å². The third-order valence-electron chi connectivity index (χ3n) is 6.60. The molecule has 0 unspecified atom stereocenters. The summed E-state index contributed by atoms with van der Waals surface area (Å²) >= 11 is 0. The zero-order valence-electron chi connectivity index (χ0n) is 20.1. The average molecular weight is 488 g/mol. The van der Waals surface area contributed by atoms with E-state index in [9.17, 15) is 9.90 Å². The predicted molar refractivity (Wildman–Crippen MR) is 144 cm³/mol. The lowest BCUT2D eigenvalue weighted by atomic mass is 9.99. The smallest absolute Gasteiger partial charge is 0.256 e. The Balaban J connectivity index is 1.27. The Hall–Kier alpha value is -4.55. The summed E-state index contributed by atoms with van der Waals surface area (Å²) < 4.78 is 5.86. The van der Waals surface area contributed by atoms with Crippen LogP contribution in [0, 0.1) is 0 Å². The summed E-state index contributed by atoms with van der Waals surface area (Å²) in [5, 5.41) is 14.1. The minimum atomic E-state index is -0.190. The van der Waals surface area contributed by atoms with Gasteiger partial charge in [-0.3, -0.25) is 4.79 Å². The first-order valence-corrected chi connectivity index (χ1v) is 12.3. The molecule has 6 rings (SSSR count). The molecule has 1 saturated carbocycles. The molecule has 1 aliphatic rings. The average Bonchev–Trinajstić information content (AvgIpc) is 3.79. The molecule has 1 aliphatic carbocycles. The van der Waals surface area contributed by atoms with Crippen molar-refractivity contribution >= 4 is 22.4 Å². The van der Waals surface area contributed by atoms with Crippen molar-refractivity contribution in [2.45, 2.75) is 25.4 Å². The van der Waals surface area contributed by atoms with E-state index < -0.39 is 0 Å². The Kier molecular flexibility index (Phi) is 6.08. The molecule has 1 amide bonds. The fourth-order valence-electron chi connectivity index (χ4n) is 4.57. The molecule has 0 bridgehead atoms. The van der Waals surface area contributed by atoms with Crippen LogP contribution in [-0.2, 0) is 6.61 Å². The van der Waals surface area contributed by atoms with Crippen LogP contribution in [0.4, 0.5) is 5.69 Å². The van der Waals surface area contributed by atoms with E-state index in [0.717, 1.165) is 27.6 Å². The summed E-state index contributed by atoms with van der Waals surface area (Å²) in [4.78, 5) is 21.5. The Morgan fingerprint density at radius 1 is 0.919 bits per heavy atom. The molecule has 6 heteroatoms. The van der Waals surface area contributed by atoms with Gasteiger partial charge in [-0.1, -0.05) is 54.6 Å². The minimum absolute atomic E-state index is 0.173. The molecule has 6 nitrogen and oxygen atoms in total. The zero-order valence-corrected chi connectivity index (χ0v) is 20.1. The van der Waals surface area contributed by atoms with E-state index in [2.05, 4.69) is 39.6 Å². The van der Waals surface area contributed by atoms with Gasteiger partial charge in [-0.15, -0.1) is 0 Å². The topological polar surface area (TPSA) is 84.3 Å². The van der Waals surface area contributed by atoms with Crippen LogP contribution < -0.4 is 10.1 Å². The molecule has 1 aromatic heterocycles. The lowest BCUT2D eigenvalue weighted by Crippen LogP contribution is -2.13. The van der Waals surface area contributed by atoms with Crippen LogP contribution in [0.15, 0.2) is 97.3 Å². The van der Waals surface area contributed by atoms with E-state index >= 15 is 0 Å². The second kappa shape index (κ2) is 9.84. The molecule has 2 N–H and O–H groups in total. The number of hydrogen-bond donors (Lipinski definition) is 2. The van der Waals surface area contributed by atoms with Crippen LogP contribution in [0.3, 0.4) is 0 Å². The van der Waals surface area contributed by atoms with Crippen molar-refractivity contribution in [3.05, 3.63) is 114 Å². The van der Waals surface area contributed by atoms with Gasteiger partial charge >= 0.3 is 0 Å². The van der Waals surface area contributed by atoms with Crippen LogP contribution in [-0.4, -0.2) is 21.0 Å². The van der Waals surface area contributed by atoms with Crippen molar-refractivity contribution in [1.29, 1.82) is 0 Å². The number of amides is 1. The molecule has 1 heterocycles. The van der Waals surface area contributed by atoms with Crippen LogP contribution in [0.1, 0.15) is 40.4 Å². The fraction of sp³-hybridized carbons (Fsp3) is 0.129. The van der Waals surface area contributed by atoms with E-state index in [4.69, 9.17) is 4.74 Å². The minimum Gasteiger partial charge on any atom is -0.439 e. The van der Waals surface area contributed by atoms with Crippen LogP contribution in [0.5, 0.6) is 11.6 Å². The highest BCUT2D eigenvalue weighted by molar-refractivity contribution is 6.14. The van der Waals surface area contributed by atoms with Crippen LogP contribution in [0.2, 0.25) is 0 Å². The van der Waals surface area contributed by atoms with Crippen LogP contribution >= 0.6 is 0 Å². The van der Waals surface area contributed by atoms with E-state index in [0.29, 0.717) is 28.8 Å². The van der Waals surface area contributed by atoms with Gasteiger partial charge in [-0.05, 0) is 71.0 Å². The number of anilines is 1. The maximum absolute atomic E-state index is 13.5. The number of carbonyl (C=O) groups is 1. The maximum atomic E-state index is 13.5. The van der Waals surface area contributed by atoms with Gasteiger partial charge in [0, 0.05) is 22.9 Å². The highest BCUT2D eigenvalue weighted by Gasteiger charge is 2.23. The SMILES string of the molecule is O=C(Nc1ccccc1-c1cccc(C2CC2)c1)c1cccc2cc(Oc3cc(CO)ncn3)ccc12. The summed E-state index contributed by atoms with van der Waals surface area (Å²) in [6.45, 7) is -0.190. The molecular weight excluding hydrogens is 462 g/mol. The molecule has 1 fully saturated rings. The number of nitrogens with zero attached hydrogens (tertiary/aromatic N) is 2. The van der Waals surface area contributed by atoms with Gasteiger partial charge in [0.2, 0.25) is 5.88 Å². The highest BCUT2D eigenvalue weighted by atomic mass is 16.5. The summed E-state index contributed by atoms with van der Waals surface area (Å²) in [6.07, 6.45) is 3.85. The number of aromatic nitrogens is 2. The summed E-state index contributed by atoms with van der Waals surface area (Å²) in [5.74, 6) is 1.41. The summed E-state index contributed by atoms with van der Waals surface area (Å²) in [6, 6.07) is 29.3. The number of rotatable bonds is 7. The van der Waals surface area contributed by atoms with Crippen molar-refractivity contribution in [1.82, 2.24) is 9.97 Å². The second-order valence-corrected chi connectivity index (χ2v) is 9.20. The molecule has 0 radical (unpaired) electrons. The number of ether oxygens (including phenoxy) is 1. The van der Waals surface area contributed by atoms with Crippen LogP contribution in [0.25, 0.3) is 21.9 Å². The molecule has 0 aliphatic heterocycles. The number of aliphatic hydroxyl groups excluding tert-OH is 1. The van der Waals surface area contributed by atoms with E-state index in [1.807, 2.05) is 54.6 Å². The second-order valence-electron chi connectivity index (χ2n) is 9.20. The number of nitrogens with one attached hydrogen (secondary N) is 1. The summed E-state index contributed by atoms with van der Waals surface area (Å²) in [7, 11) is 0. The van der Waals surface area contributed by atoms with Gasteiger partial charge in [0.25, 0.3) is 5.91 Å². The number of para-hydroxylation sites is 1. The largest absolute Gasteiger partial charge is 0.439 e. The number of hydrogen-bond acceptors (Lipinski definition) is 5. The van der Waals surface area contributed by atoms with Gasteiger partial charge < -0.3 is 15.2 Å². The first kappa shape index (κ1) is 22.9. The van der Waals surface area contributed by atoms with E-state index in [-0.39, 0.29) is 12.5 Å². The van der Waals surface area contributed by atoms with E-state index in [1.165, 1.54) is 24.7 Å². The van der Waals surface area contributed by atoms with Gasteiger partial charge in [-0.2, -0.15) is 0 Å². The van der Waals surface area contributed by atoms with Gasteiger partial charge in [0.05, 0.1) is 12.3 Å². The molecule has 0 spiro atoms. The first-order valence-electron chi connectivity index (χ1n) is 12.3. The number of aliphatic hydroxyl groups is 1. The fourth-order valence-corrected chi connectivity index (χ4v) is 4.57. The van der Waals surface area contributed by atoms with Gasteiger partial charge in [-0.25, -0.2) is 9.97 Å². The zero-order chi connectivity index (χ0) is 25.2. The van der Waals surface area contributed by atoms with Crippen molar-refractivity contribution in [2.24, 2.45) is 0 Å². The Bertz CT molecular complexity index is 1610. The Labute approximate surface area is 214 Å². The lowest BCUT2D eigenvalue weighted by molar-refractivity contribution is 0.102. The lowest BCUT2D eigenvalue weighted by Gasteiger charge is -2.14. The molecule has 37 heavy (non-hydrogen) atoms. The van der Waals surface area contributed by atoms with Gasteiger partial charge in [0.15, 0.2) is 0 Å². The standard InChI is InChI=1S/C31H25N3O3/c35-18-24-17-30(33-19-32-24)37-25-13-14-26-23(16-25)7-4-9-28(26)31(36)34-29-10-2-1-8-27(29)22-6-3-5-21(15-22)20-11-12-20/h1-10,13-17,19-20,35H,11-12,18H2,(H,34,36). The predicted octanol–water partition coefficient (Wildman–Crippen LogP) is 6.71. The van der Waals surface area contributed by atoms with Gasteiger partial charge in [0.1, 0.15) is 12.1 Å². The molecule has 0 atom stereocenters. The molecular formula is C31H25N3O3. The number of benzene rings is 4. The monoisotopic (exact) mass is 487 g/mol. The Morgan fingerprint density at radius 2 is 1.78 bits per heavy atom. The molecule has 4 aromatic carbocycles. The van der Waals surface area contributed by atoms with Crippen molar-refractivity contribution in [3.8, 4) is 22.8 Å². The third-order valence-corrected chi connectivity index (χ3v) is 6.60. The number of carbonyl (C=O) groups excluding carboxylic acids is 1. The normalized spacial score (nSPS) is 12.9. The van der Waals surface area contributed by atoms with Crippen molar-refractivity contribution in [3.63, 3.8) is 0 Å². The molecule has 5 aromatic rings. The summed E-state index contributed by atoms with van der Waals surface area (Å²) in [5.41, 5.74) is 5.30. The third kappa shape index (κ3) is 4.92. The molecule has 0 saturated heterocycles. The Morgan fingerprint density at radius 3 is 2.65 bits per heavy atom. The first-order chi connectivity index (χ1) is 18.2. The van der Waals surface area contributed by atoms with Crippen molar-refractivity contribution < 1.29 is 14.6 Å². The maximum Gasteiger partial charge on any atom is 0.256 e. The quantitative estimate of drug-likeness (QED) is 0.266. The molecule has 182 valence electrons.